The Labute approximate surface area is 152 Å². The fourth-order valence-corrected chi connectivity index (χ4v) is 2.88. The van der Waals surface area contributed by atoms with Crippen LogP contribution in [0.15, 0.2) is 53.3 Å². The number of benzene rings is 2. The first kappa shape index (κ1) is 17.7. The number of H-pyrrole nitrogens is 1. The summed E-state index contributed by atoms with van der Waals surface area (Å²) in [5, 5.41) is 3.83. The lowest BCUT2D eigenvalue weighted by Gasteiger charge is -2.08. The van der Waals surface area contributed by atoms with Crippen LogP contribution in [0, 0.1) is 6.92 Å². The molecule has 0 saturated heterocycles. The summed E-state index contributed by atoms with van der Waals surface area (Å²) in [6, 6.07) is 15.3. The Kier molecular flexibility index (Phi) is 5.37. The van der Waals surface area contributed by atoms with Gasteiger partial charge in [0.2, 0.25) is 5.91 Å². The predicted octanol–water partition coefficient (Wildman–Crippen LogP) is 3.09. The lowest BCUT2D eigenvalue weighted by molar-refractivity contribution is -0.121. The summed E-state index contributed by atoms with van der Waals surface area (Å²) in [4.78, 5) is 27.2. The number of methoxy groups -OCH3 is 1. The quantitative estimate of drug-likeness (QED) is 0.718. The Morgan fingerprint density at radius 1 is 1.12 bits per heavy atom. The van der Waals surface area contributed by atoms with E-state index in [2.05, 4.69) is 10.3 Å². The van der Waals surface area contributed by atoms with E-state index >= 15 is 0 Å². The van der Waals surface area contributed by atoms with Crippen LogP contribution in [0.5, 0.6) is 5.75 Å². The van der Waals surface area contributed by atoms with E-state index in [1.807, 2.05) is 49.4 Å². The molecule has 134 valence electrons. The van der Waals surface area contributed by atoms with Crippen LogP contribution in [0.1, 0.15) is 23.1 Å². The van der Waals surface area contributed by atoms with Crippen molar-refractivity contribution in [3.63, 3.8) is 0 Å². The van der Waals surface area contributed by atoms with Crippen LogP contribution in [-0.4, -0.2) is 18.0 Å². The van der Waals surface area contributed by atoms with Crippen LogP contribution >= 0.6 is 0 Å². The smallest absolute Gasteiger partial charge is 0.251 e. The van der Waals surface area contributed by atoms with E-state index in [0.29, 0.717) is 24.3 Å². The van der Waals surface area contributed by atoms with Gasteiger partial charge in [0, 0.05) is 24.6 Å². The first-order chi connectivity index (χ1) is 12.6. The number of pyridine rings is 1. The average Bonchev–Trinajstić information content (AvgIpc) is 2.65. The molecule has 3 rings (SSSR count). The third kappa shape index (κ3) is 4.11. The Morgan fingerprint density at radius 3 is 2.69 bits per heavy atom. The Balaban J connectivity index is 1.63. The molecule has 0 spiro atoms. The molecule has 26 heavy (non-hydrogen) atoms. The molecule has 0 aliphatic carbocycles. The number of rotatable bonds is 6. The van der Waals surface area contributed by atoms with Crippen molar-refractivity contribution in [2.75, 3.05) is 7.11 Å². The molecule has 5 heteroatoms. The van der Waals surface area contributed by atoms with Gasteiger partial charge < -0.3 is 15.0 Å². The minimum Gasteiger partial charge on any atom is -0.497 e. The maximum Gasteiger partial charge on any atom is 0.251 e. The average molecular weight is 350 g/mol. The number of nitrogens with one attached hydrogen (secondary N) is 2. The van der Waals surface area contributed by atoms with E-state index in [1.54, 1.807) is 13.2 Å². The zero-order valence-electron chi connectivity index (χ0n) is 15.0. The van der Waals surface area contributed by atoms with Crippen molar-refractivity contribution in [1.82, 2.24) is 10.3 Å². The highest BCUT2D eigenvalue weighted by atomic mass is 16.5. The first-order valence-electron chi connectivity index (χ1n) is 8.58. The van der Waals surface area contributed by atoms with Gasteiger partial charge in [0.1, 0.15) is 5.75 Å². The number of carbonyl (C=O) groups excluding carboxylic acids is 1. The highest BCUT2D eigenvalue weighted by molar-refractivity contribution is 5.81. The molecule has 0 atom stereocenters. The molecule has 0 aliphatic heterocycles. The number of aryl methyl sites for hydroxylation is 2. The molecular weight excluding hydrogens is 328 g/mol. The fraction of sp³-hybridized carbons (Fsp3) is 0.238. The lowest BCUT2D eigenvalue weighted by Crippen LogP contribution is -2.24. The van der Waals surface area contributed by atoms with Gasteiger partial charge in [-0.15, -0.1) is 0 Å². The maximum atomic E-state index is 12.2. The van der Waals surface area contributed by atoms with Crippen LogP contribution in [0.25, 0.3) is 10.9 Å². The summed E-state index contributed by atoms with van der Waals surface area (Å²) in [6.07, 6.45) is 0.674. The largest absolute Gasteiger partial charge is 0.497 e. The van der Waals surface area contributed by atoms with Crippen molar-refractivity contribution < 1.29 is 9.53 Å². The van der Waals surface area contributed by atoms with E-state index in [0.717, 1.165) is 22.0 Å². The molecule has 3 aromatic rings. The highest BCUT2D eigenvalue weighted by Gasteiger charge is 2.08. The van der Waals surface area contributed by atoms with Crippen molar-refractivity contribution >= 4 is 16.8 Å². The van der Waals surface area contributed by atoms with Crippen LogP contribution in [0.4, 0.5) is 0 Å². The van der Waals surface area contributed by atoms with Gasteiger partial charge in [-0.1, -0.05) is 24.3 Å². The van der Waals surface area contributed by atoms with Crippen molar-refractivity contribution in [2.45, 2.75) is 26.3 Å². The standard InChI is InChI=1S/C21H22N2O3/c1-14-5-3-4-6-17(14)13-22-20(24)10-8-16-11-15-7-9-18(26-2)12-19(15)23-21(16)25/h3-7,9,11-12H,8,10,13H2,1-2H3,(H,22,24)(H,23,25). The number of aromatic nitrogens is 1. The predicted molar refractivity (Wildman–Crippen MR) is 102 cm³/mol. The molecule has 0 bridgehead atoms. The monoisotopic (exact) mass is 350 g/mol. The first-order valence-corrected chi connectivity index (χ1v) is 8.58. The second-order valence-electron chi connectivity index (χ2n) is 6.28. The minimum absolute atomic E-state index is 0.0671. The van der Waals surface area contributed by atoms with Crippen molar-refractivity contribution in [1.29, 1.82) is 0 Å². The number of hydrogen-bond acceptors (Lipinski definition) is 3. The van der Waals surface area contributed by atoms with Crippen LogP contribution < -0.4 is 15.6 Å². The van der Waals surface area contributed by atoms with Gasteiger partial charge in [0.05, 0.1) is 12.6 Å². The van der Waals surface area contributed by atoms with Gasteiger partial charge >= 0.3 is 0 Å². The maximum absolute atomic E-state index is 12.2. The van der Waals surface area contributed by atoms with Crippen LogP contribution in [0.2, 0.25) is 0 Å². The molecule has 2 aromatic carbocycles. The van der Waals surface area contributed by atoms with Crippen LogP contribution in [-0.2, 0) is 17.8 Å². The molecule has 1 aromatic heterocycles. The number of fused-ring (bicyclic) bond motifs is 1. The summed E-state index contributed by atoms with van der Waals surface area (Å²) >= 11 is 0. The summed E-state index contributed by atoms with van der Waals surface area (Å²) < 4.78 is 5.17. The summed E-state index contributed by atoms with van der Waals surface area (Å²) in [6.45, 7) is 2.52. The van der Waals surface area contributed by atoms with E-state index in [4.69, 9.17) is 4.74 Å². The zero-order valence-corrected chi connectivity index (χ0v) is 15.0. The number of hydrogen-bond donors (Lipinski definition) is 2. The van der Waals surface area contributed by atoms with Crippen molar-refractivity contribution in [3.8, 4) is 5.75 Å². The lowest BCUT2D eigenvalue weighted by atomic mass is 10.1. The van der Waals surface area contributed by atoms with Gasteiger partial charge in [-0.3, -0.25) is 9.59 Å². The van der Waals surface area contributed by atoms with E-state index < -0.39 is 0 Å². The molecule has 0 saturated carbocycles. The zero-order chi connectivity index (χ0) is 18.5. The third-order valence-electron chi connectivity index (χ3n) is 4.49. The Hall–Kier alpha value is -3.08. The summed E-state index contributed by atoms with van der Waals surface area (Å²) in [5.74, 6) is 0.624. The minimum atomic E-state index is -0.169. The Bertz CT molecular complexity index is 992. The fourth-order valence-electron chi connectivity index (χ4n) is 2.88. The van der Waals surface area contributed by atoms with E-state index in [9.17, 15) is 9.59 Å². The van der Waals surface area contributed by atoms with Crippen molar-refractivity contribution in [3.05, 3.63) is 75.6 Å². The van der Waals surface area contributed by atoms with E-state index in [1.165, 1.54) is 0 Å². The summed E-state index contributed by atoms with van der Waals surface area (Å²) in [5.41, 5.74) is 3.40. The second-order valence-corrected chi connectivity index (χ2v) is 6.28. The molecule has 2 N–H and O–H groups in total. The highest BCUT2D eigenvalue weighted by Crippen LogP contribution is 2.18. The molecule has 0 aliphatic rings. The van der Waals surface area contributed by atoms with Crippen LogP contribution in [0.3, 0.4) is 0 Å². The number of carbonyl (C=O) groups is 1. The number of aromatic amines is 1. The Morgan fingerprint density at radius 2 is 1.92 bits per heavy atom. The molecule has 0 unspecified atom stereocenters. The SMILES string of the molecule is COc1ccc2cc(CCC(=O)NCc3ccccc3C)c(=O)[nH]c2c1. The van der Waals surface area contributed by atoms with Gasteiger partial charge in [0.25, 0.3) is 5.56 Å². The van der Waals surface area contributed by atoms with E-state index in [-0.39, 0.29) is 17.9 Å². The topological polar surface area (TPSA) is 71.2 Å². The van der Waals surface area contributed by atoms with Crippen molar-refractivity contribution in [2.24, 2.45) is 0 Å². The van der Waals surface area contributed by atoms with Gasteiger partial charge in [0.15, 0.2) is 0 Å². The number of amides is 1. The molecule has 1 heterocycles. The van der Waals surface area contributed by atoms with Gasteiger partial charge in [-0.05, 0) is 48.1 Å². The molecule has 0 radical (unpaired) electrons. The summed E-state index contributed by atoms with van der Waals surface area (Å²) in [7, 11) is 1.59. The van der Waals surface area contributed by atoms with Gasteiger partial charge in [-0.2, -0.15) is 0 Å². The second kappa shape index (κ2) is 7.87. The number of ether oxygens (including phenoxy) is 1. The normalized spacial score (nSPS) is 10.7. The van der Waals surface area contributed by atoms with Gasteiger partial charge in [-0.25, -0.2) is 0 Å². The molecule has 1 amide bonds. The third-order valence-corrected chi connectivity index (χ3v) is 4.49. The molecule has 0 fully saturated rings. The molecule has 5 nitrogen and oxygen atoms in total. The molecular formula is C21H22N2O3.